The Morgan fingerprint density at radius 1 is 0.714 bits per heavy atom. The van der Waals surface area contributed by atoms with Crippen molar-refractivity contribution in [2.45, 2.75) is 86.0 Å². The topological polar surface area (TPSA) is 0 Å². The minimum Gasteiger partial charge on any atom is -0.0683 e. The largest absolute Gasteiger partial charge is 0.0683 e. The molecule has 0 aromatic heterocycles. The van der Waals surface area contributed by atoms with E-state index in [0.717, 1.165) is 5.92 Å². The molecule has 1 unspecified atom stereocenters. The van der Waals surface area contributed by atoms with Crippen molar-refractivity contribution in [3.63, 3.8) is 0 Å². The fraction of sp³-hybridized carbons (Fsp3) is 1.00. The standard InChI is InChI=1S/C12H26.C2H6/c1-4-7-8-9-11-12(6-3)10-5-2;1-2/h12H,4-11H2,1-3H3;1-2H3. The third-order valence-corrected chi connectivity index (χ3v) is 2.74. The molecule has 0 aromatic carbocycles. The highest BCUT2D eigenvalue weighted by Gasteiger charge is 2.03. The van der Waals surface area contributed by atoms with Crippen LogP contribution in [0.25, 0.3) is 0 Å². The molecule has 0 heteroatoms. The van der Waals surface area contributed by atoms with Crippen LogP contribution in [0.3, 0.4) is 0 Å². The van der Waals surface area contributed by atoms with E-state index in [-0.39, 0.29) is 0 Å². The molecule has 0 saturated heterocycles. The highest BCUT2D eigenvalue weighted by Crippen LogP contribution is 2.18. The first-order valence-corrected chi connectivity index (χ1v) is 6.85. The minimum atomic E-state index is 1.02. The van der Waals surface area contributed by atoms with Gasteiger partial charge in [-0.15, -0.1) is 0 Å². The second kappa shape index (κ2) is 15.5. The summed E-state index contributed by atoms with van der Waals surface area (Å²) in [6.45, 7) is 10.9. The Labute approximate surface area is 92.5 Å². The van der Waals surface area contributed by atoms with Gasteiger partial charge in [-0.2, -0.15) is 0 Å². The average molecular weight is 200 g/mol. The lowest BCUT2D eigenvalue weighted by atomic mass is 9.94. The maximum Gasteiger partial charge on any atom is -0.0417 e. The summed E-state index contributed by atoms with van der Waals surface area (Å²) >= 11 is 0. The van der Waals surface area contributed by atoms with E-state index < -0.39 is 0 Å². The van der Waals surface area contributed by atoms with Gasteiger partial charge in [0.15, 0.2) is 0 Å². The molecule has 88 valence electrons. The third-order valence-electron chi connectivity index (χ3n) is 2.74. The van der Waals surface area contributed by atoms with Crippen molar-refractivity contribution in [1.82, 2.24) is 0 Å². The molecule has 0 saturated carbocycles. The van der Waals surface area contributed by atoms with Crippen molar-refractivity contribution in [2.75, 3.05) is 0 Å². The molecule has 0 rings (SSSR count). The lowest BCUT2D eigenvalue weighted by Gasteiger charge is -2.12. The first-order chi connectivity index (χ1) is 6.85. The molecule has 0 aliphatic carbocycles. The molecule has 0 radical (unpaired) electrons. The summed E-state index contributed by atoms with van der Waals surface area (Å²) in [6.07, 6.45) is 11.4. The molecule has 0 aliphatic heterocycles. The third kappa shape index (κ3) is 12.0. The van der Waals surface area contributed by atoms with Gasteiger partial charge in [0, 0.05) is 0 Å². The van der Waals surface area contributed by atoms with Crippen LogP contribution in [0.2, 0.25) is 0 Å². The lowest BCUT2D eigenvalue weighted by Crippen LogP contribution is -1.97. The molecular weight excluding hydrogens is 168 g/mol. The summed E-state index contributed by atoms with van der Waals surface area (Å²) in [5.41, 5.74) is 0. The van der Waals surface area contributed by atoms with Crippen molar-refractivity contribution in [3.05, 3.63) is 0 Å². The SMILES string of the molecule is CC.CCCCCCC(CC)CCC. The Balaban J connectivity index is 0. The Morgan fingerprint density at radius 2 is 1.36 bits per heavy atom. The average Bonchev–Trinajstić information content (AvgIpc) is 2.25. The Morgan fingerprint density at radius 3 is 1.79 bits per heavy atom. The number of rotatable bonds is 8. The van der Waals surface area contributed by atoms with Crippen LogP contribution in [0.1, 0.15) is 86.0 Å². The maximum atomic E-state index is 2.33. The first kappa shape index (κ1) is 16.4. The summed E-state index contributed by atoms with van der Waals surface area (Å²) in [6, 6.07) is 0. The van der Waals surface area contributed by atoms with E-state index >= 15 is 0 Å². The lowest BCUT2D eigenvalue weighted by molar-refractivity contribution is 0.410. The quantitative estimate of drug-likeness (QED) is 0.434. The summed E-state index contributed by atoms with van der Waals surface area (Å²) in [5, 5.41) is 0. The highest BCUT2D eigenvalue weighted by molar-refractivity contribution is 4.56. The molecule has 0 fully saturated rings. The van der Waals surface area contributed by atoms with Crippen molar-refractivity contribution < 1.29 is 0 Å². The Kier molecular flexibility index (Phi) is 18.2. The molecule has 0 N–H and O–H groups in total. The zero-order chi connectivity index (χ0) is 11.2. The molecular formula is C14H32. The van der Waals surface area contributed by atoms with E-state index in [1.807, 2.05) is 13.8 Å². The monoisotopic (exact) mass is 200 g/mol. The molecule has 1 atom stereocenters. The maximum absolute atomic E-state index is 2.33. The van der Waals surface area contributed by atoms with Gasteiger partial charge in [0.2, 0.25) is 0 Å². The molecule has 0 heterocycles. The van der Waals surface area contributed by atoms with E-state index in [0.29, 0.717) is 0 Å². The van der Waals surface area contributed by atoms with Crippen molar-refractivity contribution >= 4 is 0 Å². The van der Waals surface area contributed by atoms with Gasteiger partial charge in [-0.1, -0.05) is 86.0 Å². The van der Waals surface area contributed by atoms with Crippen LogP contribution in [0, 0.1) is 5.92 Å². The van der Waals surface area contributed by atoms with Crippen LogP contribution in [0.4, 0.5) is 0 Å². The zero-order valence-corrected chi connectivity index (χ0v) is 11.2. The molecule has 0 amide bonds. The van der Waals surface area contributed by atoms with Gasteiger partial charge in [0.05, 0.1) is 0 Å². The van der Waals surface area contributed by atoms with Crippen LogP contribution in [-0.4, -0.2) is 0 Å². The van der Waals surface area contributed by atoms with E-state index in [1.54, 1.807) is 0 Å². The van der Waals surface area contributed by atoms with Gasteiger partial charge < -0.3 is 0 Å². The van der Waals surface area contributed by atoms with Crippen molar-refractivity contribution in [3.8, 4) is 0 Å². The van der Waals surface area contributed by atoms with Crippen LogP contribution >= 0.6 is 0 Å². The summed E-state index contributed by atoms with van der Waals surface area (Å²) < 4.78 is 0. The molecule has 0 aromatic rings. The van der Waals surface area contributed by atoms with Crippen LogP contribution in [-0.2, 0) is 0 Å². The molecule has 0 spiro atoms. The fourth-order valence-corrected chi connectivity index (χ4v) is 1.82. The minimum absolute atomic E-state index is 1.02. The molecule has 0 aliphatic rings. The smallest absolute Gasteiger partial charge is 0.0417 e. The first-order valence-electron chi connectivity index (χ1n) is 6.85. The summed E-state index contributed by atoms with van der Waals surface area (Å²) in [4.78, 5) is 0. The van der Waals surface area contributed by atoms with E-state index in [9.17, 15) is 0 Å². The predicted octanol–water partition coefficient (Wildman–Crippen LogP) is 5.81. The predicted molar refractivity (Wildman–Crippen MR) is 68.8 cm³/mol. The highest BCUT2D eigenvalue weighted by atomic mass is 14.1. The molecule has 14 heavy (non-hydrogen) atoms. The number of unbranched alkanes of at least 4 members (excludes halogenated alkanes) is 3. The number of hydrogen-bond donors (Lipinski definition) is 0. The van der Waals surface area contributed by atoms with Crippen LogP contribution in [0.15, 0.2) is 0 Å². The summed E-state index contributed by atoms with van der Waals surface area (Å²) in [5.74, 6) is 1.02. The molecule has 0 bridgehead atoms. The van der Waals surface area contributed by atoms with Gasteiger partial charge in [0.25, 0.3) is 0 Å². The van der Waals surface area contributed by atoms with E-state index in [2.05, 4.69) is 20.8 Å². The van der Waals surface area contributed by atoms with Crippen LogP contribution < -0.4 is 0 Å². The second-order valence-electron chi connectivity index (χ2n) is 3.91. The number of hydrogen-bond acceptors (Lipinski definition) is 0. The fourth-order valence-electron chi connectivity index (χ4n) is 1.82. The van der Waals surface area contributed by atoms with E-state index in [1.165, 1.54) is 51.4 Å². The Hall–Kier alpha value is 0. The Bertz CT molecular complexity index is 76.1. The van der Waals surface area contributed by atoms with Gasteiger partial charge in [-0.25, -0.2) is 0 Å². The second-order valence-corrected chi connectivity index (χ2v) is 3.91. The normalized spacial score (nSPS) is 11.8. The van der Waals surface area contributed by atoms with Gasteiger partial charge >= 0.3 is 0 Å². The van der Waals surface area contributed by atoms with Crippen LogP contribution in [0.5, 0.6) is 0 Å². The van der Waals surface area contributed by atoms with Gasteiger partial charge in [-0.3, -0.25) is 0 Å². The van der Waals surface area contributed by atoms with Gasteiger partial charge in [-0.05, 0) is 5.92 Å². The zero-order valence-electron chi connectivity index (χ0n) is 11.2. The van der Waals surface area contributed by atoms with E-state index in [4.69, 9.17) is 0 Å². The van der Waals surface area contributed by atoms with Gasteiger partial charge in [0.1, 0.15) is 0 Å². The van der Waals surface area contributed by atoms with Crippen molar-refractivity contribution in [1.29, 1.82) is 0 Å². The van der Waals surface area contributed by atoms with Crippen molar-refractivity contribution in [2.24, 2.45) is 5.92 Å². The molecule has 0 nitrogen and oxygen atoms in total. The summed E-state index contributed by atoms with van der Waals surface area (Å²) in [7, 11) is 0.